The Morgan fingerprint density at radius 1 is 1.32 bits per heavy atom. The molecule has 1 fully saturated rings. The zero-order chi connectivity index (χ0) is 14.9. The summed E-state index contributed by atoms with van der Waals surface area (Å²) in [5, 5.41) is 6.41. The van der Waals surface area contributed by atoms with Crippen molar-refractivity contribution in [2.24, 2.45) is 5.41 Å². The van der Waals surface area contributed by atoms with Crippen LogP contribution in [0.1, 0.15) is 54.9 Å². The number of carbonyl (C=O) groups excluding carboxylic acids is 1. The predicted molar refractivity (Wildman–Crippen MR) is 78.1 cm³/mol. The SMILES string of the molecule is CCNC(=O)C(C)(C)CNC1CC(C)(C)OC1(C)C. The van der Waals surface area contributed by atoms with E-state index in [4.69, 9.17) is 4.74 Å². The zero-order valence-corrected chi connectivity index (χ0v) is 13.5. The fourth-order valence-electron chi connectivity index (χ4n) is 2.74. The molecular formula is C15H30N2O2. The molecule has 2 N–H and O–H groups in total. The van der Waals surface area contributed by atoms with Gasteiger partial charge >= 0.3 is 0 Å². The molecule has 1 heterocycles. The van der Waals surface area contributed by atoms with E-state index in [1.165, 1.54) is 0 Å². The highest BCUT2D eigenvalue weighted by Gasteiger charge is 2.46. The number of carbonyl (C=O) groups is 1. The van der Waals surface area contributed by atoms with Gasteiger partial charge in [-0.05, 0) is 54.9 Å². The summed E-state index contributed by atoms with van der Waals surface area (Å²) in [6.07, 6.45) is 0.964. The molecule has 0 spiro atoms. The topological polar surface area (TPSA) is 50.4 Å². The third kappa shape index (κ3) is 4.18. The van der Waals surface area contributed by atoms with E-state index in [9.17, 15) is 4.79 Å². The Morgan fingerprint density at radius 2 is 1.89 bits per heavy atom. The highest BCUT2D eigenvalue weighted by molar-refractivity contribution is 5.81. The van der Waals surface area contributed by atoms with Crippen LogP contribution in [0.5, 0.6) is 0 Å². The molecule has 4 nitrogen and oxygen atoms in total. The molecule has 0 aromatic heterocycles. The second-order valence-corrected chi connectivity index (χ2v) is 7.35. The molecule has 1 atom stereocenters. The smallest absolute Gasteiger partial charge is 0.226 e. The van der Waals surface area contributed by atoms with Crippen molar-refractivity contribution in [1.29, 1.82) is 0 Å². The fourth-order valence-corrected chi connectivity index (χ4v) is 2.74. The van der Waals surface area contributed by atoms with Gasteiger partial charge < -0.3 is 15.4 Å². The van der Waals surface area contributed by atoms with Crippen molar-refractivity contribution in [3.05, 3.63) is 0 Å². The first kappa shape index (κ1) is 16.4. The Hall–Kier alpha value is -0.610. The summed E-state index contributed by atoms with van der Waals surface area (Å²) in [6, 6.07) is 0.274. The van der Waals surface area contributed by atoms with Crippen LogP contribution in [0, 0.1) is 5.41 Å². The first-order valence-corrected chi connectivity index (χ1v) is 7.22. The molecule has 4 heteroatoms. The van der Waals surface area contributed by atoms with Crippen LogP contribution in [0.25, 0.3) is 0 Å². The second-order valence-electron chi connectivity index (χ2n) is 7.35. The normalized spacial score (nSPS) is 25.3. The average Bonchev–Trinajstić information content (AvgIpc) is 2.44. The van der Waals surface area contributed by atoms with Gasteiger partial charge in [0.15, 0.2) is 0 Å². The van der Waals surface area contributed by atoms with Gasteiger partial charge in [0.25, 0.3) is 0 Å². The Bertz CT molecular complexity index is 335. The molecule has 0 aromatic carbocycles. The minimum absolute atomic E-state index is 0.0958. The summed E-state index contributed by atoms with van der Waals surface area (Å²) >= 11 is 0. The van der Waals surface area contributed by atoms with Crippen molar-refractivity contribution < 1.29 is 9.53 Å². The minimum atomic E-state index is -0.404. The lowest BCUT2D eigenvalue weighted by Gasteiger charge is -2.31. The molecule has 1 saturated heterocycles. The summed E-state index contributed by atoms with van der Waals surface area (Å²) in [6.45, 7) is 15.7. The second kappa shape index (κ2) is 5.41. The van der Waals surface area contributed by atoms with E-state index in [0.717, 1.165) is 6.42 Å². The maximum absolute atomic E-state index is 12.0. The summed E-state index contributed by atoms with van der Waals surface area (Å²) in [7, 11) is 0. The zero-order valence-electron chi connectivity index (χ0n) is 13.5. The van der Waals surface area contributed by atoms with Gasteiger partial charge in [0, 0.05) is 19.1 Å². The number of hydrogen-bond acceptors (Lipinski definition) is 3. The molecule has 1 aliphatic heterocycles. The van der Waals surface area contributed by atoms with E-state index in [1.54, 1.807) is 0 Å². The lowest BCUT2D eigenvalue weighted by atomic mass is 9.89. The Labute approximate surface area is 117 Å². The minimum Gasteiger partial charge on any atom is -0.368 e. The maximum Gasteiger partial charge on any atom is 0.226 e. The molecular weight excluding hydrogens is 240 g/mol. The van der Waals surface area contributed by atoms with Gasteiger partial charge in [-0.15, -0.1) is 0 Å². The van der Waals surface area contributed by atoms with Crippen molar-refractivity contribution in [2.75, 3.05) is 13.1 Å². The summed E-state index contributed by atoms with van der Waals surface area (Å²) in [4.78, 5) is 12.0. The highest BCUT2D eigenvalue weighted by Crippen LogP contribution is 2.37. The van der Waals surface area contributed by atoms with Crippen molar-refractivity contribution in [1.82, 2.24) is 10.6 Å². The first-order valence-electron chi connectivity index (χ1n) is 7.22. The van der Waals surface area contributed by atoms with Crippen molar-refractivity contribution in [3.63, 3.8) is 0 Å². The van der Waals surface area contributed by atoms with Crippen molar-refractivity contribution >= 4 is 5.91 Å². The largest absolute Gasteiger partial charge is 0.368 e. The Balaban J connectivity index is 2.59. The van der Waals surface area contributed by atoms with E-state index in [-0.39, 0.29) is 23.2 Å². The van der Waals surface area contributed by atoms with Crippen LogP contribution in [0.2, 0.25) is 0 Å². The fraction of sp³-hybridized carbons (Fsp3) is 0.933. The molecule has 0 radical (unpaired) electrons. The summed E-state index contributed by atoms with van der Waals surface area (Å²) < 4.78 is 6.06. The molecule has 112 valence electrons. The van der Waals surface area contributed by atoms with E-state index in [0.29, 0.717) is 13.1 Å². The van der Waals surface area contributed by atoms with E-state index < -0.39 is 5.41 Å². The van der Waals surface area contributed by atoms with Crippen LogP contribution in [0.15, 0.2) is 0 Å². The van der Waals surface area contributed by atoms with Gasteiger partial charge in [-0.3, -0.25) is 4.79 Å². The van der Waals surface area contributed by atoms with Crippen LogP contribution >= 0.6 is 0 Å². The summed E-state index contributed by atoms with van der Waals surface area (Å²) in [5.74, 6) is 0.0958. The maximum atomic E-state index is 12.0. The van der Waals surface area contributed by atoms with E-state index in [2.05, 4.69) is 38.3 Å². The lowest BCUT2D eigenvalue weighted by molar-refractivity contribution is -0.129. The number of amides is 1. The highest BCUT2D eigenvalue weighted by atomic mass is 16.5. The first-order chi connectivity index (χ1) is 8.50. The Kier molecular flexibility index (Phi) is 4.68. The van der Waals surface area contributed by atoms with E-state index in [1.807, 2.05) is 20.8 Å². The van der Waals surface area contributed by atoms with Gasteiger partial charge in [0.2, 0.25) is 5.91 Å². The summed E-state index contributed by atoms with van der Waals surface area (Å²) in [5.41, 5.74) is -0.698. The van der Waals surface area contributed by atoms with Gasteiger partial charge in [0.1, 0.15) is 0 Å². The van der Waals surface area contributed by atoms with Gasteiger partial charge in [-0.2, -0.15) is 0 Å². The van der Waals surface area contributed by atoms with Crippen LogP contribution in [-0.4, -0.2) is 36.2 Å². The molecule has 0 aliphatic carbocycles. The van der Waals surface area contributed by atoms with Crippen molar-refractivity contribution in [2.45, 2.75) is 72.1 Å². The molecule has 19 heavy (non-hydrogen) atoms. The monoisotopic (exact) mass is 270 g/mol. The molecule has 0 aromatic rings. The van der Waals surface area contributed by atoms with Gasteiger partial charge in [0.05, 0.1) is 16.6 Å². The molecule has 0 saturated carbocycles. The molecule has 1 aliphatic rings. The number of nitrogens with one attached hydrogen (secondary N) is 2. The van der Waals surface area contributed by atoms with Crippen LogP contribution < -0.4 is 10.6 Å². The lowest BCUT2D eigenvalue weighted by Crippen LogP contribution is -2.50. The van der Waals surface area contributed by atoms with Crippen LogP contribution in [0.3, 0.4) is 0 Å². The molecule has 1 rings (SSSR count). The third-order valence-electron chi connectivity index (χ3n) is 3.82. The molecule has 0 bridgehead atoms. The molecule has 1 unspecified atom stereocenters. The quantitative estimate of drug-likeness (QED) is 0.804. The predicted octanol–water partition coefficient (Wildman–Crippen LogP) is 2.08. The number of hydrogen-bond donors (Lipinski definition) is 2. The van der Waals surface area contributed by atoms with Gasteiger partial charge in [-0.1, -0.05) is 0 Å². The Morgan fingerprint density at radius 3 is 2.32 bits per heavy atom. The molecule has 1 amide bonds. The number of ether oxygens (including phenoxy) is 1. The number of rotatable bonds is 5. The van der Waals surface area contributed by atoms with Crippen LogP contribution in [-0.2, 0) is 9.53 Å². The standard InChI is InChI=1S/C15H30N2O2/c1-8-16-12(18)13(2,3)10-17-11-9-14(4,5)19-15(11,6)7/h11,17H,8-10H2,1-7H3,(H,16,18). The van der Waals surface area contributed by atoms with Gasteiger partial charge in [-0.25, -0.2) is 0 Å². The van der Waals surface area contributed by atoms with Crippen molar-refractivity contribution in [3.8, 4) is 0 Å². The van der Waals surface area contributed by atoms with Crippen LogP contribution in [0.4, 0.5) is 0 Å². The average molecular weight is 270 g/mol. The van der Waals surface area contributed by atoms with E-state index >= 15 is 0 Å². The third-order valence-corrected chi connectivity index (χ3v) is 3.82.